The number of anilines is 1. The number of nitrogens with zero attached hydrogens (tertiary/aromatic N) is 3. The lowest BCUT2D eigenvalue weighted by Gasteiger charge is -2.34. The maximum absolute atomic E-state index is 13.4. The van der Waals surface area contributed by atoms with Crippen LogP contribution in [0.25, 0.3) is 0 Å². The Morgan fingerprint density at radius 2 is 1.93 bits per heavy atom. The minimum absolute atomic E-state index is 0.0359. The summed E-state index contributed by atoms with van der Waals surface area (Å²) in [5.74, 6) is 0.170. The SMILES string of the molecule is C[C@@H]1CN([C@@H](C)CO)C(=O)Cc2cc(NC(=O)c3ccncc3)ccc2O[C@@H]1CN(C)Cc1ccc(Cl)c(Cl)c1. The second-order valence-electron chi connectivity index (χ2n) is 10.3. The molecule has 0 unspecified atom stereocenters. The van der Waals surface area contributed by atoms with Gasteiger partial charge in [-0.3, -0.25) is 19.5 Å². The van der Waals surface area contributed by atoms with Gasteiger partial charge in [0.2, 0.25) is 5.91 Å². The Bertz CT molecular complexity index is 1340. The molecule has 3 atom stereocenters. The fraction of sp³-hybridized carbons (Fsp3) is 0.367. The molecule has 4 rings (SSSR count). The molecule has 0 bridgehead atoms. The summed E-state index contributed by atoms with van der Waals surface area (Å²) in [7, 11) is 2.00. The number of halogens is 2. The lowest BCUT2D eigenvalue weighted by molar-refractivity contribution is -0.134. The predicted octanol–water partition coefficient (Wildman–Crippen LogP) is 4.92. The fourth-order valence-electron chi connectivity index (χ4n) is 4.75. The molecule has 2 N–H and O–H groups in total. The van der Waals surface area contributed by atoms with Crippen molar-refractivity contribution in [2.24, 2.45) is 5.92 Å². The Balaban J connectivity index is 1.59. The predicted molar refractivity (Wildman–Crippen MR) is 157 cm³/mol. The molecule has 2 amide bonds. The highest BCUT2D eigenvalue weighted by atomic mass is 35.5. The summed E-state index contributed by atoms with van der Waals surface area (Å²) >= 11 is 12.3. The number of rotatable bonds is 8. The van der Waals surface area contributed by atoms with Crippen molar-refractivity contribution in [2.45, 2.75) is 39.0 Å². The third-order valence-corrected chi connectivity index (χ3v) is 7.78. The number of fused-ring (bicyclic) bond motifs is 1. The molecule has 0 radical (unpaired) electrons. The average Bonchev–Trinajstić information content (AvgIpc) is 2.98. The zero-order valence-electron chi connectivity index (χ0n) is 22.8. The third kappa shape index (κ3) is 7.52. The van der Waals surface area contributed by atoms with E-state index in [2.05, 4.69) is 22.1 Å². The van der Waals surface area contributed by atoms with Gasteiger partial charge in [-0.05, 0) is 62.0 Å². The third-order valence-electron chi connectivity index (χ3n) is 7.04. The largest absolute Gasteiger partial charge is 0.488 e. The van der Waals surface area contributed by atoms with Crippen LogP contribution in [0.2, 0.25) is 10.0 Å². The Morgan fingerprint density at radius 1 is 1.18 bits per heavy atom. The van der Waals surface area contributed by atoms with Crippen LogP contribution in [0.15, 0.2) is 60.9 Å². The minimum atomic E-state index is -0.347. The van der Waals surface area contributed by atoms with Crippen LogP contribution in [0.5, 0.6) is 5.75 Å². The summed E-state index contributed by atoms with van der Waals surface area (Å²) in [5.41, 5.74) is 2.72. The molecular formula is C30H34Cl2N4O4. The standard InChI is InChI=1S/C30H34Cl2N4O4/c1-19-15-36(20(2)18-37)29(38)14-23-13-24(34-30(39)22-8-10-33-11-9-22)5-7-27(23)40-28(19)17-35(3)16-21-4-6-25(31)26(32)12-21/h4-13,19-20,28,37H,14-18H2,1-3H3,(H,34,39)/t19-,20+,28-/m1/s1. The number of nitrogens with one attached hydrogen (secondary N) is 1. The molecule has 1 aromatic heterocycles. The fourth-order valence-corrected chi connectivity index (χ4v) is 5.07. The van der Waals surface area contributed by atoms with Gasteiger partial charge < -0.3 is 20.1 Å². The van der Waals surface area contributed by atoms with Gasteiger partial charge in [-0.25, -0.2) is 0 Å². The van der Waals surface area contributed by atoms with Crippen molar-refractivity contribution in [2.75, 3.05) is 32.1 Å². The number of hydrogen-bond donors (Lipinski definition) is 2. The monoisotopic (exact) mass is 584 g/mol. The summed E-state index contributed by atoms with van der Waals surface area (Å²) in [5, 5.41) is 13.8. The van der Waals surface area contributed by atoms with E-state index in [0.717, 1.165) is 5.56 Å². The molecule has 10 heteroatoms. The number of ether oxygens (including phenoxy) is 1. The van der Waals surface area contributed by atoms with Gasteiger partial charge in [0.25, 0.3) is 5.91 Å². The van der Waals surface area contributed by atoms with Gasteiger partial charge in [0.1, 0.15) is 11.9 Å². The van der Waals surface area contributed by atoms with E-state index in [-0.39, 0.29) is 42.9 Å². The second-order valence-corrected chi connectivity index (χ2v) is 11.2. The number of aromatic nitrogens is 1. The number of pyridine rings is 1. The second kappa shape index (κ2) is 13.5. The van der Waals surface area contributed by atoms with Gasteiger partial charge in [0, 0.05) is 54.8 Å². The molecule has 1 aliphatic heterocycles. The van der Waals surface area contributed by atoms with Crippen molar-refractivity contribution in [3.8, 4) is 5.75 Å². The van der Waals surface area contributed by atoms with Crippen LogP contribution in [0.1, 0.15) is 35.3 Å². The first-order valence-corrected chi connectivity index (χ1v) is 13.9. The molecule has 0 saturated carbocycles. The smallest absolute Gasteiger partial charge is 0.255 e. The molecule has 8 nitrogen and oxygen atoms in total. The first kappa shape index (κ1) is 29.8. The molecule has 2 heterocycles. The van der Waals surface area contributed by atoms with E-state index in [1.54, 1.807) is 53.7 Å². The van der Waals surface area contributed by atoms with Crippen LogP contribution in [0.3, 0.4) is 0 Å². The minimum Gasteiger partial charge on any atom is -0.488 e. The van der Waals surface area contributed by atoms with Crippen molar-refractivity contribution in [3.63, 3.8) is 0 Å². The average molecular weight is 586 g/mol. The van der Waals surface area contributed by atoms with Gasteiger partial charge in [-0.15, -0.1) is 0 Å². The molecule has 3 aromatic rings. The normalized spacial score (nSPS) is 18.3. The van der Waals surface area contributed by atoms with E-state index in [4.69, 9.17) is 27.9 Å². The first-order chi connectivity index (χ1) is 19.1. The number of benzene rings is 2. The number of aliphatic hydroxyl groups excluding tert-OH is 1. The van der Waals surface area contributed by atoms with E-state index in [0.29, 0.717) is 52.2 Å². The summed E-state index contributed by atoms with van der Waals surface area (Å²) in [6.45, 7) is 5.39. The molecule has 1 aliphatic rings. The Hall–Kier alpha value is -3.17. The summed E-state index contributed by atoms with van der Waals surface area (Å²) < 4.78 is 6.58. The van der Waals surface area contributed by atoms with Crippen molar-refractivity contribution in [1.82, 2.24) is 14.8 Å². The maximum Gasteiger partial charge on any atom is 0.255 e. The van der Waals surface area contributed by atoms with Crippen molar-refractivity contribution in [1.29, 1.82) is 0 Å². The van der Waals surface area contributed by atoms with Gasteiger partial charge in [0.15, 0.2) is 0 Å². The van der Waals surface area contributed by atoms with Crippen molar-refractivity contribution < 1.29 is 19.4 Å². The number of amides is 2. The van der Waals surface area contributed by atoms with E-state index in [1.165, 1.54) is 0 Å². The van der Waals surface area contributed by atoms with Crippen molar-refractivity contribution >= 4 is 40.7 Å². The van der Waals surface area contributed by atoms with Crippen LogP contribution in [-0.2, 0) is 17.8 Å². The van der Waals surface area contributed by atoms with E-state index in [1.807, 2.05) is 26.1 Å². The first-order valence-electron chi connectivity index (χ1n) is 13.2. The van der Waals surface area contributed by atoms with Crippen LogP contribution in [-0.4, -0.2) is 70.6 Å². The van der Waals surface area contributed by atoms with Crippen LogP contribution < -0.4 is 10.1 Å². The molecule has 0 saturated heterocycles. The Morgan fingerprint density at radius 3 is 2.62 bits per heavy atom. The van der Waals surface area contributed by atoms with E-state index >= 15 is 0 Å². The molecule has 0 spiro atoms. The molecule has 0 fully saturated rings. The number of likely N-dealkylation sites (N-methyl/N-ethyl adjacent to an activating group) is 1. The number of hydrogen-bond acceptors (Lipinski definition) is 6. The highest BCUT2D eigenvalue weighted by molar-refractivity contribution is 6.42. The van der Waals surface area contributed by atoms with Gasteiger partial charge >= 0.3 is 0 Å². The quantitative estimate of drug-likeness (QED) is 0.390. The van der Waals surface area contributed by atoms with E-state index in [9.17, 15) is 14.7 Å². The highest BCUT2D eigenvalue weighted by Gasteiger charge is 2.31. The van der Waals surface area contributed by atoms with Gasteiger partial charge in [-0.2, -0.15) is 0 Å². The van der Waals surface area contributed by atoms with Crippen LogP contribution in [0, 0.1) is 5.92 Å². The number of aliphatic hydroxyl groups is 1. The molecule has 212 valence electrons. The Kier molecular flexibility index (Phi) is 10.0. The van der Waals surface area contributed by atoms with Crippen LogP contribution in [0.4, 0.5) is 5.69 Å². The van der Waals surface area contributed by atoms with Gasteiger partial charge in [0.05, 0.1) is 29.1 Å². The summed E-state index contributed by atoms with van der Waals surface area (Å²) in [4.78, 5) is 34.0. The van der Waals surface area contributed by atoms with Crippen molar-refractivity contribution in [3.05, 3.63) is 87.7 Å². The lowest BCUT2D eigenvalue weighted by atomic mass is 10.0. The maximum atomic E-state index is 13.4. The zero-order valence-corrected chi connectivity index (χ0v) is 24.3. The highest BCUT2D eigenvalue weighted by Crippen LogP contribution is 2.30. The topological polar surface area (TPSA) is 95.0 Å². The summed E-state index contributed by atoms with van der Waals surface area (Å²) in [6, 6.07) is 13.9. The lowest BCUT2D eigenvalue weighted by Crippen LogP contribution is -2.47. The molecule has 40 heavy (non-hydrogen) atoms. The zero-order chi connectivity index (χ0) is 28.8. The molecule has 0 aliphatic carbocycles. The number of carbonyl (C=O) groups excluding carboxylic acids is 2. The molecular weight excluding hydrogens is 551 g/mol. The van der Waals surface area contributed by atoms with Crippen LogP contribution >= 0.6 is 23.2 Å². The summed E-state index contributed by atoms with van der Waals surface area (Å²) in [6.07, 6.45) is 2.94. The van der Waals surface area contributed by atoms with Gasteiger partial charge in [-0.1, -0.05) is 36.2 Å². The molecule has 2 aromatic carbocycles. The number of carbonyl (C=O) groups is 2. The van der Waals surface area contributed by atoms with E-state index < -0.39 is 0 Å². The Labute approximate surface area is 244 Å².